The van der Waals surface area contributed by atoms with Gasteiger partial charge in [0, 0.05) is 6.08 Å². The molecule has 0 bridgehead atoms. The topological polar surface area (TPSA) is 37.3 Å². The van der Waals surface area contributed by atoms with E-state index in [9.17, 15) is 9.90 Å². The highest BCUT2D eigenvalue weighted by atomic mass is 16.4. The normalized spacial score (nSPS) is 11.4. The summed E-state index contributed by atoms with van der Waals surface area (Å²) in [4.78, 5) is 11.3. The summed E-state index contributed by atoms with van der Waals surface area (Å²) in [5.41, 5.74) is 7.03. The number of carbonyl (C=O) groups is 1. The van der Waals surface area contributed by atoms with Crippen molar-refractivity contribution in [3.05, 3.63) is 101 Å². The first-order valence-corrected chi connectivity index (χ1v) is 8.22. The van der Waals surface area contributed by atoms with Gasteiger partial charge in [0.25, 0.3) is 0 Å². The van der Waals surface area contributed by atoms with E-state index in [1.54, 1.807) is 0 Å². The zero-order valence-corrected chi connectivity index (χ0v) is 14.4. The van der Waals surface area contributed by atoms with Gasteiger partial charge in [0.1, 0.15) is 0 Å². The van der Waals surface area contributed by atoms with Gasteiger partial charge in [0.05, 0.1) is 0 Å². The first-order valence-electron chi connectivity index (χ1n) is 8.22. The van der Waals surface area contributed by atoms with Crippen LogP contribution in [0.2, 0.25) is 0 Å². The first-order chi connectivity index (χ1) is 12.0. The number of hydrogen-bond acceptors (Lipinski definition) is 1. The van der Waals surface area contributed by atoms with Crippen molar-refractivity contribution in [3.63, 3.8) is 0 Å². The Labute approximate surface area is 148 Å². The van der Waals surface area contributed by atoms with Crippen LogP contribution in [-0.2, 0) is 4.79 Å². The van der Waals surface area contributed by atoms with Crippen LogP contribution in [0.4, 0.5) is 0 Å². The van der Waals surface area contributed by atoms with Crippen molar-refractivity contribution in [3.8, 4) is 11.1 Å². The average Bonchev–Trinajstić information content (AvgIpc) is 2.60. The second-order valence-electron chi connectivity index (χ2n) is 6.22. The lowest BCUT2D eigenvalue weighted by atomic mass is 9.93. The van der Waals surface area contributed by atoms with Crippen molar-refractivity contribution in [2.75, 3.05) is 0 Å². The zero-order chi connectivity index (χ0) is 17.8. The molecular formula is C23H20O2. The lowest BCUT2D eigenvalue weighted by Crippen LogP contribution is -1.96. The minimum Gasteiger partial charge on any atom is -0.478 e. The molecule has 3 aromatic rings. The van der Waals surface area contributed by atoms with E-state index in [1.807, 2.05) is 68.4 Å². The van der Waals surface area contributed by atoms with Crippen LogP contribution in [0.25, 0.3) is 16.7 Å². The number of rotatable bonds is 4. The number of carboxylic acids is 1. The highest BCUT2D eigenvalue weighted by molar-refractivity contribution is 5.95. The van der Waals surface area contributed by atoms with Gasteiger partial charge >= 0.3 is 5.97 Å². The van der Waals surface area contributed by atoms with Gasteiger partial charge in [-0.05, 0) is 41.7 Å². The van der Waals surface area contributed by atoms with Crippen LogP contribution in [0.3, 0.4) is 0 Å². The fourth-order valence-electron chi connectivity index (χ4n) is 3.06. The standard InChI is InChI=1S/C23H20O2/c1-16-12-17(2)14-21(13-16)22(15-23(24)25)20-10-8-19(9-11-20)18-6-4-3-5-7-18/h3-15H,1-2H3,(H,24,25). The second-order valence-corrected chi connectivity index (χ2v) is 6.22. The zero-order valence-electron chi connectivity index (χ0n) is 14.4. The molecule has 0 spiro atoms. The molecule has 0 aromatic heterocycles. The van der Waals surface area contributed by atoms with Crippen LogP contribution in [-0.4, -0.2) is 11.1 Å². The van der Waals surface area contributed by atoms with Crippen molar-refractivity contribution in [1.29, 1.82) is 0 Å². The lowest BCUT2D eigenvalue weighted by Gasteiger charge is -2.11. The third-order valence-electron chi connectivity index (χ3n) is 4.10. The summed E-state index contributed by atoms with van der Waals surface area (Å²) >= 11 is 0. The molecule has 0 aliphatic carbocycles. The minimum atomic E-state index is -0.943. The summed E-state index contributed by atoms with van der Waals surface area (Å²) < 4.78 is 0. The molecule has 0 saturated heterocycles. The summed E-state index contributed by atoms with van der Waals surface area (Å²) in [6, 6.07) is 24.3. The van der Waals surface area contributed by atoms with E-state index in [2.05, 4.69) is 18.2 Å². The maximum atomic E-state index is 11.3. The smallest absolute Gasteiger partial charge is 0.328 e. The minimum absolute atomic E-state index is 0.721. The van der Waals surface area contributed by atoms with Crippen LogP contribution >= 0.6 is 0 Å². The molecule has 1 N–H and O–H groups in total. The van der Waals surface area contributed by atoms with Crippen LogP contribution in [0.5, 0.6) is 0 Å². The summed E-state index contributed by atoms with van der Waals surface area (Å²) in [6.07, 6.45) is 1.28. The number of carboxylic acid groups (broad SMARTS) is 1. The molecule has 3 aromatic carbocycles. The summed E-state index contributed by atoms with van der Waals surface area (Å²) in [5, 5.41) is 9.30. The largest absolute Gasteiger partial charge is 0.478 e. The van der Waals surface area contributed by atoms with Crippen LogP contribution in [0.1, 0.15) is 22.3 Å². The van der Waals surface area contributed by atoms with Crippen molar-refractivity contribution in [2.24, 2.45) is 0 Å². The molecule has 0 fully saturated rings. The first kappa shape index (κ1) is 16.7. The van der Waals surface area contributed by atoms with Crippen molar-refractivity contribution in [1.82, 2.24) is 0 Å². The Bertz CT molecular complexity index is 900. The van der Waals surface area contributed by atoms with Gasteiger partial charge in [0.2, 0.25) is 0 Å². The molecule has 3 rings (SSSR count). The van der Waals surface area contributed by atoms with Crippen molar-refractivity contribution < 1.29 is 9.90 Å². The third-order valence-corrected chi connectivity index (χ3v) is 4.10. The van der Waals surface area contributed by atoms with Crippen LogP contribution in [0.15, 0.2) is 78.9 Å². The highest BCUT2D eigenvalue weighted by Gasteiger charge is 2.09. The van der Waals surface area contributed by atoms with Gasteiger partial charge < -0.3 is 5.11 Å². The van der Waals surface area contributed by atoms with E-state index in [0.717, 1.165) is 39.0 Å². The predicted octanol–water partition coefficient (Wildman–Crippen LogP) is 5.49. The maximum Gasteiger partial charge on any atom is 0.328 e. The van der Waals surface area contributed by atoms with E-state index in [4.69, 9.17) is 0 Å². The molecule has 0 radical (unpaired) electrons. The average molecular weight is 328 g/mol. The number of aryl methyl sites for hydroxylation is 2. The van der Waals surface area contributed by atoms with E-state index in [-0.39, 0.29) is 0 Å². The number of benzene rings is 3. The molecule has 25 heavy (non-hydrogen) atoms. The van der Waals surface area contributed by atoms with Crippen molar-refractivity contribution >= 4 is 11.5 Å². The Kier molecular flexibility index (Phi) is 4.80. The van der Waals surface area contributed by atoms with E-state index in [0.29, 0.717) is 0 Å². The molecule has 0 amide bonds. The van der Waals surface area contributed by atoms with Gasteiger partial charge in [-0.1, -0.05) is 83.9 Å². The van der Waals surface area contributed by atoms with Gasteiger partial charge in [0.15, 0.2) is 0 Å². The van der Waals surface area contributed by atoms with E-state index in [1.165, 1.54) is 6.08 Å². The SMILES string of the molecule is Cc1cc(C)cc(C(=CC(=O)O)c2ccc(-c3ccccc3)cc2)c1. The van der Waals surface area contributed by atoms with E-state index >= 15 is 0 Å². The molecule has 0 atom stereocenters. The quantitative estimate of drug-likeness (QED) is 0.643. The van der Waals surface area contributed by atoms with Gasteiger partial charge in [-0.3, -0.25) is 0 Å². The molecule has 2 nitrogen and oxygen atoms in total. The van der Waals surface area contributed by atoms with Gasteiger partial charge in [-0.25, -0.2) is 4.79 Å². The van der Waals surface area contributed by atoms with E-state index < -0.39 is 5.97 Å². The van der Waals surface area contributed by atoms with Gasteiger partial charge in [-0.2, -0.15) is 0 Å². The molecule has 2 heteroatoms. The summed E-state index contributed by atoms with van der Waals surface area (Å²) in [7, 11) is 0. The number of aliphatic carboxylic acids is 1. The second kappa shape index (κ2) is 7.18. The molecule has 0 unspecified atom stereocenters. The number of hydrogen-bond donors (Lipinski definition) is 1. The Morgan fingerprint density at radius 1 is 0.760 bits per heavy atom. The Morgan fingerprint density at radius 2 is 1.32 bits per heavy atom. The monoisotopic (exact) mass is 328 g/mol. The molecule has 0 saturated carbocycles. The lowest BCUT2D eigenvalue weighted by molar-refractivity contribution is -0.131. The van der Waals surface area contributed by atoms with Gasteiger partial charge in [-0.15, -0.1) is 0 Å². The summed E-state index contributed by atoms with van der Waals surface area (Å²) in [6.45, 7) is 4.04. The molecule has 0 heterocycles. The predicted molar refractivity (Wildman–Crippen MR) is 103 cm³/mol. The molecular weight excluding hydrogens is 308 g/mol. The molecule has 0 aliphatic heterocycles. The highest BCUT2D eigenvalue weighted by Crippen LogP contribution is 2.28. The van der Waals surface area contributed by atoms with Crippen LogP contribution in [0, 0.1) is 13.8 Å². The third kappa shape index (κ3) is 4.04. The van der Waals surface area contributed by atoms with Crippen LogP contribution < -0.4 is 0 Å². The Balaban J connectivity index is 2.04. The fourth-order valence-corrected chi connectivity index (χ4v) is 3.06. The Hall–Kier alpha value is -3.13. The molecule has 124 valence electrons. The van der Waals surface area contributed by atoms with Crippen molar-refractivity contribution in [2.45, 2.75) is 13.8 Å². The Morgan fingerprint density at radius 3 is 1.88 bits per heavy atom. The summed E-state index contributed by atoms with van der Waals surface area (Å²) in [5.74, 6) is -0.943. The molecule has 0 aliphatic rings. The fraction of sp³-hybridized carbons (Fsp3) is 0.0870. The maximum absolute atomic E-state index is 11.3.